The van der Waals surface area contributed by atoms with Crippen LogP contribution in [0.2, 0.25) is 39.3 Å². The first kappa shape index (κ1) is 42.4. The molecule has 4 aliphatic carbocycles. The zero-order valence-corrected chi connectivity index (χ0v) is 36.3. The van der Waals surface area contributed by atoms with Crippen molar-refractivity contribution in [2.24, 2.45) is 0 Å². The van der Waals surface area contributed by atoms with E-state index >= 15 is 0 Å². The Labute approximate surface area is 309 Å². The second-order valence-electron chi connectivity index (χ2n) is 13.9. The summed E-state index contributed by atoms with van der Waals surface area (Å²) in [6.45, 7) is 13.6. The molecule has 247 valence electrons. The predicted molar refractivity (Wildman–Crippen MR) is 187 cm³/mol. The van der Waals surface area contributed by atoms with Crippen LogP contribution in [0.4, 0.5) is 0 Å². The van der Waals surface area contributed by atoms with E-state index in [0.29, 0.717) is 0 Å². The Balaban J connectivity index is 0.000000380. The number of aryl methyl sites for hydroxylation is 2. The minimum Gasteiger partial charge on any atom is -1.00 e. The summed E-state index contributed by atoms with van der Waals surface area (Å²) in [5.74, 6) is 4.29. The molecule has 0 aromatic heterocycles. The van der Waals surface area contributed by atoms with Crippen LogP contribution in [0.15, 0.2) is 12.1 Å². The fourth-order valence-electron chi connectivity index (χ4n) is 7.73. The summed E-state index contributed by atoms with van der Waals surface area (Å²) >= 11 is 0. The van der Waals surface area contributed by atoms with Crippen LogP contribution in [0, 0.1) is 0 Å². The van der Waals surface area contributed by atoms with Crippen molar-refractivity contribution < 1.29 is 59.9 Å². The minimum atomic E-state index is -0.995. The molecule has 0 heterocycles. The summed E-state index contributed by atoms with van der Waals surface area (Å²) in [4.78, 5) is 0. The summed E-state index contributed by atoms with van der Waals surface area (Å²) in [5, 5.41) is 0. The SMILES string of the molecule is C[SiH](C)Oc1c(C2CCCCC2)[cH-]c2c1CCCC2.C[SiH](C)Oc1c(C2CCCCC2)[cH-]c2c1CCCC2.C[SiH]C.[Cl-].[Cl-].[Zr+4]. The van der Waals surface area contributed by atoms with Crippen molar-refractivity contribution in [3.8, 4) is 11.5 Å². The molecule has 0 N–H and O–H groups in total. The van der Waals surface area contributed by atoms with Crippen molar-refractivity contribution in [3.05, 3.63) is 45.5 Å². The van der Waals surface area contributed by atoms with E-state index in [4.69, 9.17) is 8.85 Å². The van der Waals surface area contributed by atoms with Crippen LogP contribution < -0.4 is 33.7 Å². The van der Waals surface area contributed by atoms with Gasteiger partial charge in [0.25, 0.3) is 0 Å². The van der Waals surface area contributed by atoms with Gasteiger partial charge in [-0.05, 0) is 75.2 Å². The van der Waals surface area contributed by atoms with Crippen LogP contribution in [-0.4, -0.2) is 27.6 Å². The predicted octanol–water partition coefficient (Wildman–Crippen LogP) is 3.91. The molecular formula is C36H61Cl2O2Si3Zr. The molecule has 2 nitrogen and oxygen atoms in total. The van der Waals surface area contributed by atoms with Gasteiger partial charge >= 0.3 is 26.2 Å². The van der Waals surface area contributed by atoms with E-state index in [1.165, 1.54) is 127 Å². The first-order valence-electron chi connectivity index (χ1n) is 17.6. The quantitative estimate of drug-likeness (QED) is 0.328. The van der Waals surface area contributed by atoms with Gasteiger partial charge in [-0.25, -0.2) is 0 Å². The van der Waals surface area contributed by atoms with Crippen molar-refractivity contribution in [3.63, 3.8) is 0 Å². The summed E-state index contributed by atoms with van der Waals surface area (Å²) < 4.78 is 12.8. The summed E-state index contributed by atoms with van der Waals surface area (Å²) in [7, 11) is -1.24. The number of fused-ring (bicyclic) bond motifs is 2. The fourth-order valence-corrected chi connectivity index (χ4v) is 9.23. The summed E-state index contributed by atoms with van der Waals surface area (Å²) in [5.41, 5.74) is 9.61. The Morgan fingerprint density at radius 3 is 1.18 bits per heavy atom. The van der Waals surface area contributed by atoms with Crippen LogP contribution >= 0.6 is 0 Å². The monoisotopic (exact) mass is 769 g/mol. The average Bonchev–Trinajstić information content (AvgIpc) is 3.53. The molecule has 6 rings (SSSR count). The van der Waals surface area contributed by atoms with Crippen LogP contribution in [0.3, 0.4) is 0 Å². The van der Waals surface area contributed by atoms with Crippen molar-refractivity contribution in [2.45, 2.75) is 167 Å². The van der Waals surface area contributed by atoms with Crippen LogP contribution in [-0.2, 0) is 51.9 Å². The zero-order valence-electron chi connectivity index (χ0n) is 28.8. The molecule has 44 heavy (non-hydrogen) atoms. The molecule has 0 amide bonds. The van der Waals surface area contributed by atoms with E-state index in [1.807, 2.05) is 0 Å². The molecule has 1 radical (unpaired) electrons. The van der Waals surface area contributed by atoms with Gasteiger partial charge in [0, 0.05) is 9.52 Å². The van der Waals surface area contributed by atoms with Crippen molar-refractivity contribution in [1.29, 1.82) is 0 Å². The van der Waals surface area contributed by atoms with Gasteiger partial charge in [-0.2, -0.15) is 34.4 Å². The second-order valence-corrected chi connectivity index (χ2v) is 19.7. The topological polar surface area (TPSA) is 18.5 Å². The van der Waals surface area contributed by atoms with Gasteiger partial charge in [0.1, 0.15) is 0 Å². The molecule has 2 aromatic rings. The molecule has 0 atom stereocenters. The molecule has 2 saturated carbocycles. The largest absolute Gasteiger partial charge is 4.00 e. The molecule has 0 saturated heterocycles. The van der Waals surface area contributed by atoms with E-state index in [1.54, 1.807) is 33.4 Å². The maximum atomic E-state index is 6.38. The maximum absolute atomic E-state index is 6.38. The number of hydrogen-bond acceptors (Lipinski definition) is 2. The number of hydrogen-bond donors (Lipinski definition) is 0. The average molecular weight is 772 g/mol. The van der Waals surface area contributed by atoms with Gasteiger partial charge in [0.05, 0.1) is 0 Å². The van der Waals surface area contributed by atoms with Gasteiger partial charge in [-0.1, -0.05) is 103 Å². The minimum absolute atomic E-state index is 0. The van der Waals surface area contributed by atoms with Crippen LogP contribution in [0.5, 0.6) is 11.5 Å². The van der Waals surface area contributed by atoms with E-state index < -0.39 is 18.1 Å². The molecular weight excluding hydrogens is 711 g/mol. The van der Waals surface area contributed by atoms with E-state index in [0.717, 1.165) is 21.4 Å². The molecule has 8 heteroatoms. The Bertz CT molecular complexity index is 974. The van der Waals surface area contributed by atoms with E-state index in [2.05, 4.69) is 51.4 Å². The number of halogens is 2. The molecule has 0 bridgehead atoms. The molecule has 2 fully saturated rings. The zero-order chi connectivity index (χ0) is 29.2. The third-order valence-electron chi connectivity index (χ3n) is 9.55. The van der Waals surface area contributed by atoms with Gasteiger partial charge in [0.2, 0.25) is 18.1 Å². The molecule has 0 aliphatic heterocycles. The summed E-state index contributed by atoms with van der Waals surface area (Å²) in [6, 6.07) is 5.05. The molecule has 0 unspecified atom stereocenters. The first-order chi connectivity index (χ1) is 19.9. The normalized spacial score (nSPS) is 18.2. The van der Waals surface area contributed by atoms with Crippen molar-refractivity contribution in [1.82, 2.24) is 0 Å². The third kappa shape index (κ3) is 11.8. The van der Waals surface area contributed by atoms with Crippen molar-refractivity contribution >= 4 is 27.6 Å². The fraction of sp³-hybridized carbons (Fsp3) is 0.722. The molecule has 2 aromatic carbocycles. The van der Waals surface area contributed by atoms with Gasteiger partial charge in [-0.15, -0.1) is 11.1 Å². The Hall–Kier alpha value is 0.414. The van der Waals surface area contributed by atoms with Crippen LogP contribution in [0.25, 0.3) is 0 Å². The summed E-state index contributed by atoms with van der Waals surface area (Å²) in [6.07, 6.45) is 24.7. The second kappa shape index (κ2) is 22.1. The Morgan fingerprint density at radius 2 is 0.864 bits per heavy atom. The number of rotatable bonds is 6. The molecule has 0 spiro atoms. The standard InChI is InChI=1S/2C17H27OSi.C2H7Si.2ClH.Zr/c2*1-19(2)18-17-15-11-7-6-10-14(15)12-16(17)13-8-4-3-5-9-13;1-3-2;;;/h2*12-13,19H,3-11H2,1-2H3;3H,1-2H3;2*1H;/q2*-1;;;;+4/p-2. The van der Waals surface area contributed by atoms with E-state index in [-0.39, 0.29) is 51.0 Å². The molecule has 4 aliphatic rings. The van der Waals surface area contributed by atoms with Crippen molar-refractivity contribution in [2.75, 3.05) is 0 Å². The third-order valence-corrected chi connectivity index (χ3v) is 11.0. The Kier molecular flexibility index (Phi) is 21.3. The Morgan fingerprint density at radius 1 is 0.545 bits per heavy atom. The van der Waals surface area contributed by atoms with Gasteiger partial charge < -0.3 is 33.7 Å². The van der Waals surface area contributed by atoms with Gasteiger partial charge in [-0.3, -0.25) is 0 Å². The van der Waals surface area contributed by atoms with E-state index in [9.17, 15) is 0 Å². The van der Waals surface area contributed by atoms with Crippen LogP contribution in [0.1, 0.15) is 135 Å². The smallest absolute Gasteiger partial charge is 1.00 e. The maximum Gasteiger partial charge on any atom is 4.00 e. The van der Waals surface area contributed by atoms with Gasteiger partial charge in [0.15, 0.2) is 0 Å². The first-order valence-corrected chi connectivity index (χ1v) is 25.5.